The first kappa shape index (κ1) is 16.8. The zero-order valence-corrected chi connectivity index (χ0v) is 14.1. The van der Waals surface area contributed by atoms with Gasteiger partial charge in [-0.05, 0) is 25.8 Å². The van der Waals surface area contributed by atoms with E-state index >= 15 is 0 Å². The number of thioether (sulfide) groups is 1. The Kier molecular flexibility index (Phi) is 7.51. The number of nitrogens with zero attached hydrogens (tertiary/aromatic N) is 2. The van der Waals surface area contributed by atoms with Crippen molar-refractivity contribution in [2.75, 3.05) is 0 Å². The Bertz CT molecular complexity index is 411. The van der Waals surface area contributed by atoms with Crippen LogP contribution >= 0.6 is 11.8 Å². The highest BCUT2D eigenvalue weighted by molar-refractivity contribution is 7.99. The van der Waals surface area contributed by atoms with Gasteiger partial charge in [0.05, 0.1) is 0 Å². The first-order valence-corrected chi connectivity index (χ1v) is 9.35. The quantitative estimate of drug-likeness (QED) is 0.818. The van der Waals surface area contributed by atoms with Gasteiger partial charge >= 0.3 is 0 Å². The molecule has 2 atom stereocenters. The molecule has 0 saturated heterocycles. The van der Waals surface area contributed by atoms with Crippen molar-refractivity contribution in [1.29, 1.82) is 0 Å². The van der Waals surface area contributed by atoms with Crippen LogP contribution in [0.5, 0.6) is 0 Å². The minimum atomic E-state index is 0.276. The van der Waals surface area contributed by atoms with Crippen LogP contribution in [-0.4, -0.2) is 21.3 Å². The van der Waals surface area contributed by atoms with Crippen molar-refractivity contribution in [3.63, 3.8) is 0 Å². The first-order chi connectivity index (χ1) is 10.3. The molecule has 2 N–H and O–H groups in total. The lowest BCUT2D eigenvalue weighted by atomic mass is 9.98. The Morgan fingerprint density at radius 3 is 2.29 bits per heavy atom. The van der Waals surface area contributed by atoms with Crippen molar-refractivity contribution in [1.82, 2.24) is 9.97 Å². The number of aromatic nitrogens is 2. The zero-order chi connectivity index (χ0) is 14.9. The molecule has 1 saturated carbocycles. The average molecular weight is 308 g/mol. The van der Waals surface area contributed by atoms with E-state index in [0.717, 1.165) is 17.3 Å². The molecule has 1 heterocycles. The lowest BCUT2D eigenvalue weighted by molar-refractivity contribution is 0.473. The van der Waals surface area contributed by atoms with Gasteiger partial charge in [0.15, 0.2) is 5.16 Å². The van der Waals surface area contributed by atoms with Crippen molar-refractivity contribution in [2.45, 2.75) is 87.6 Å². The van der Waals surface area contributed by atoms with Gasteiger partial charge in [0.2, 0.25) is 0 Å². The fraction of sp³-hybridized carbons (Fsp3) is 0.765. The smallest absolute Gasteiger partial charge is 0.188 e. The molecule has 1 aromatic rings. The highest BCUT2D eigenvalue weighted by Gasteiger charge is 2.20. The van der Waals surface area contributed by atoms with Gasteiger partial charge in [0, 0.05) is 23.2 Å². The molecule has 118 valence electrons. The van der Waals surface area contributed by atoms with Crippen LogP contribution in [0.15, 0.2) is 17.4 Å². The topological polar surface area (TPSA) is 51.8 Å². The maximum atomic E-state index is 6.47. The molecule has 2 rings (SSSR count). The van der Waals surface area contributed by atoms with Crippen LogP contribution in [0.4, 0.5) is 0 Å². The molecule has 0 spiro atoms. The molecule has 3 nitrogen and oxygen atoms in total. The molecule has 1 aliphatic rings. The summed E-state index contributed by atoms with van der Waals surface area (Å²) in [5.41, 5.74) is 7.50. The molecule has 4 heteroatoms. The van der Waals surface area contributed by atoms with Crippen molar-refractivity contribution in [2.24, 2.45) is 5.73 Å². The Labute approximate surface area is 133 Å². The van der Waals surface area contributed by atoms with Crippen LogP contribution in [-0.2, 0) is 0 Å². The molecule has 0 bridgehead atoms. The second kappa shape index (κ2) is 9.42. The number of hydrogen-bond acceptors (Lipinski definition) is 4. The maximum absolute atomic E-state index is 6.47. The molecule has 1 aliphatic carbocycles. The third-order valence-electron chi connectivity index (χ3n) is 4.28. The summed E-state index contributed by atoms with van der Waals surface area (Å²) in [6.45, 7) is 2.02. The Hall–Kier alpha value is -0.610. The van der Waals surface area contributed by atoms with E-state index in [1.54, 1.807) is 11.8 Å². The largest absolute Gasteiger partial charge is 0.327 e. The van der Waals surface area contributed by atoms with Gasteiger partial charge in [-0.15, -0.1) is 0 Å². The van der Waals surface area contributed by atoms with E-state index in [0.29, 0.717) is 5.25 Å². The molecule has 1 aromatic heterocycles. The highest BCUT2D eigenvalue weighted by Crippen LogP contribution is 2.28. The van der Waals surface area contributed by atoms with E-state index in [1.807, 2.05) is 19.2 Å². The summed E-state index contributed by atoms with van der Waals surface area (Å²) in [5.74, 6) is 0. The molecule has 0 aromatic carbocycles. The van der Waals surface area contributed by atoms with Crippen molar-refractivity contribution in [3.05, 3.63) is 18.0 Å². The van der Waals surface area contributed by atoms with Gasteiger partial charge in [-0.2, -0.15) is 0 Å². The molecule has 21 heavy (non-hydrogen) atoms. The van der Waals surface area contributed by atoms with Crippen LogP contribution in [0.25, 0.3) is 0 Å². The normalized spacial score (nSPS) is 25.8. The van der Waals surface area contributed by atoms with Crippen molar-refractivity contribution in [3.8, 4) is 0 Å². The van der Waals surface area contributed by atoms with E-state index in [2.05, 4.69) is 9.97 Å². The SMILES string of the molecule is Cc1ccnc(SC2CCCCCCCCCCC2N)n1. The second-order valence-electron chi connectivity index (χ2n) is 6.21. The predicted molar refractivity (Wildman–Crippen MR) is 90.6 cm³/mol. The average Bonchev–Trinajstić information content (AvgIpc) is 2.46. The van der Waals surface area contributed by atoms with Gasteiger partial charge in [-0.1, -0.05) is 63.1 Å². The van der Waals surface area contributed by atoms with Crippen LogP contribution in [0, 0.1) is 6.92 Å². The van der Waals surface area contributed by atoms with E-state index in [9.17, 15) is 0 Å². The fourth-order valence-electron chi connectivity index (χ4n) is 2.95. The summed E-state index contributed by atoms with van der Waals surface area (Å²) in [6.07, 6.45) is 15.0. The highest BCUT2D eigenvalue weighted by atomic mass is 32.2. The number of aryl methyl sites for hydroxylation is 1. The lowest BCUT2D eigenvalue weighted by Gasteiger charge is -2.23. The summed E-state index contributed by atoms with van der Waals surface area (Å²) < 4.78 is 0. The minimum Gasteiger partial charge on any atom is -0.327 e. The molecular weight excluding hydrogens is 278 g/mol. The van der Waals surface area contributed by atoms with Gasteiger partial charge in [0.1, 0.15) is 0 Å². The van der Waals surface area contributed by atoms with Crippen LogP contribution in [0.3, 0.4) is 0 Å². The van der Waals surface area contributed by atoms with E-state index < -0.39 is 0 Å². The number of rotatable bonds is 2. The number of hydrogen-bond donors (Lipinski definition) is 1. The Morgan fingerprint density at radius 2 is 1.62 bits per heavy atom. The molecule has 0 radical (unpaired) electrons. The van der Waals surface area contributed by atoms with Crippen LogP contribution < -0.4 is 5.73 Å². The standard InChI is InChI=1S/C17H29N3S/c1-14-12-13-19-17(20-14)21-16-11-9-7-5-3-2-4-6-8-10-15(16)18/h12-13,15-16H,2-11,18H2,1H3. The van der Waals surface area contributed by atoms with Crippen molar-refractivity contribution >= 4 is 11.8 Å². The van der Waals surface area contributed by atoms with E-state index in [4.69, 9.17) is 5.73 Å². The molecule has 2 unspecified atom stereocenters. The lowest BCUT2D eigenvalue weighted by Crippen LogP contribution is -2.32. The third-order valence-corrected chi connectivity index (χ3v) is 5.58. The summed E-state index contributed by atoms with van der Waals surface area (Å²) in [5, 5.41) is 1.36. The zero-order valence-electron chi connectivity index (χ0n) is 13.3. The molecule has 0 amide bonds. The van der Waals surface area contributed by atoms with Gasteiger partial charge < -0.3 is 5.73 Å². The molecular formula is C17H29N3S. The Morgan fingerprint density at radius 1 is 1.00 bits per heavy atom. The first-order valence-electron chi connectivity index (χ1n) is 8.47. The summed E-state index contributed by atoms with van der Waals surface area (Å²) in [4.78, 5) is 8.92. The fourth-order valence-corrected chi connectivity index (χ4v) is 4.14. The second-order valence-corrected chi connectivity index (χ2v) is 7.41. The van der Waals surface area contributed by atoms with E-state index in [-0.39, 0.29) is 6.04 Å². The Balaban J connectivity index is 1.94. The van der Waals surface area contributed by atoms with Gasteiger partial charge in [-0.25, -0.2) is 9.97 Å². The van der Waals surface area contributed by atoms with Crippen molar-refractivity contribution < 1.29 is 0 Å². The summed E-state index contributed by atoms with van der Waals surface area (Å²) in [6, 6.07) is 2.23. The minimum absolute atomic E-state index is 0.276. The molecule has 0 aliphatic heterocycles. The molecule has 1 fully saturated rings. The monoisotopic (exact) mass is 307 g/mol. The van der Waals surface area contributed by atoms with Crippen LogP contribution in [0.1, 0.15) is 69.9 Å². The summed E-state index contributed by atoms with van der Waals surface area (Å²) >= 11 is 1.79. The summed E-state index contributed by atoms with van der Waals surface area (Å²) in [7, 11) is 0. The predicted octanol–water partition coefficient (Wildman–Crippen LogP) is 4.49. The number of nitrogens with two attached hydrogens (primary N) is 1. The van der Waals surface area contributed by atoms with Gasteiger partial charge in [0.25, 0.3) is 0 Å². The van der Waals surface area contributed by atoms with Crippen LogP contribution in [0.2, 0.25) is 0 Å². The van der Waals surface area contributed by atoms with E-state index in [1.165, 1.54) is 57.8 Å². The third kappa shape index (κ3) is 6.35. The van der Waals surface area contributed by atoms with Gasteiger partial charge in [-0.3, -0.25) is 0 Å². The maximum Gasteiger partial charge on any atom is 0.188 e.